The number of primary amides is 1. The monoisotopic (exact) mass is 366 g/mol. The number of nitrogens with two attached hydrogens (primary N) is 1. The van der Waals surface area contributed by atoms with Gasteiger partial charge in [0.25, 0.3) is 11.8 Å². The van der Waals surface area contributed by atoms with Crippen molar-refractivity contribution in [2.24, 2.45) is 5.73 Å². The number of carbonyl (C=O) groups is 2. The maximum Gasteiger partial charge on any atom is 0.266 e. The average molecular weight is 366 g/mol. The molecule has 0 aromatic heterocycles. The maximum atomic E-state index is 12.4. The standard InChI is InChI=1S/C16H18N2O4S2/c1-9(2)18-15(20)13(24-16(18)23)7-10-4-5-11(12(6-10)21-3)22-8-14(17)19/h4-7,9H,8H2,1-3H3,(H2,17,19). The average Bonchev–Trinajstić information content (AvgIpc) is 2.79. The molecule has 0 unspecified atom stereocenters. The second-order valence-corrected chi connectivity index (χ2v) is 6.99. The summed E-state index contributed by atoms with van der Waals surface area (Å²) in [6, 6.07) is 5.16. The first-order chi connectivity index (χ1) is 11.3. The van der Waals surface area contributed by atoms with Crippen LogP contribution in [0.4, 0.5) is 0 Å². The molecule has 0 spiro atoms. The number of nitrogens with zero attached hydrogens (tertiary/aromatic N) is 1. The third-order valence-electron chi connectivity index (χ3n) is 3.20. The molecular formula is C16H18N2O4S2. The highest BCUT2D eigenvalue weighted by atomic mass is 32.2. The molecule has 1 aromatic carbocycles. The van der Waals surface area contributed by atoms with Gasteiger partial charge in [0.1, 0.15) is 4.32 Å². The molecule has 0 atom stereocenters. The van der Waals surface area contributed by atoms with E-state index in [4.69, 9.17) is 27.4 Å². The van der Waals surface area contributed by atoms with E-state index in [0.717, 1.165) is 5.56 Å². The molecule has 2 N–H and O–H groups in total. The number of hydrogen-bond acceptors (Lipinski definition) is 6. The molecule has 2 rings (SSSR count). The second-order valence-electron chi connectivity index (χ2n) is 5.31. The first-order valence-electron chi connectivity index (χ1n) is 7.19. The van der Waals surface area contributed by atoms with Crippen LogP contribution in [0, 0.1) is 0 Å². The molecule has 128 valence electrons. The third kappa shape index (κ3) is 4.07. The zero-order chi connectivity index (χ0) is 17.9. The Morgan fingerprint density at radius 1 is 1.42 bits per heavy atom. The predicted molar refractivity (Wildman–Crippen MR) is 97.8 cm³/mol. The minimum atomic E-state index is -0.571. The summed E-state index contributed by atoms with van der Waals surface area (Å²) < 4.78 is 11.1. The summed E-state index contributed by atoms with van der Waals surface area (Å²) in [7, 11) is 1.49. The summed E-state index contributed by atoms with van der Waals surface area (Å²) in [5.74, 6) is 0.180. The van der Waals surface area contributed by atoms with Crippen LogP contribution in [0.5, 0.6) is 11.5 Å². The lowest BCUT2D eigenvalue weighted by Gasteiger charge is -2.18. The van der Waals surface area contributed by atoms with Gasteiger partial charge in [0.15, 0.2) is 18.1 Å². The number of carbonyl (C=O) groups excluding carboxylic acids is 2. The lowest BCUT2D eigenvalue weighted by molar-refractivity contribution is -0.123. The molecular weight excluding hydrogens is 348 g/mol. The van der Waals surface area contributed by atoms with E-state index in [1.807, 2.05) is 13.8 Å². The van der Waals surface area contributed by atoms with E-state index in [2.05, 4.69) is 0 Å². The Hall–Kier alpha value is -2.06. The van der Waals surface area contributed by atoms with Gasteiger partial charge in [-0.1, -0.05) is 30.0 Å². The molecule has 0 saturated carbocycles. The van der Waals surface area contributed by atoms with Gasteiger partial charge in [-0.2, -0.15) is 0 Å². The lowest BCUT2D eigenvalue weighted by Crippen LogP contribution is -2.34. The van der Waals surface area contributed by atoms with E-state index in [-0.39, 0.29) is 18.6 Å². The Morgan fingerprint density at radius 2 is 2.12 bits per heavy atom. The number of methoxy groups -OCH3 is 1. The zero-order valence-corrected chi connectivity index (χ0v) is 15.2. The molecule has 6 nitrogen and oxygen atoms in total. The van der Waals surface area contributed by atoms with Gasteiger partial charge in [-0.25, -0.2) is 0 Å². The van der Waals surface area contributed by atoms with Gasteiger partial charge in [-0.15, -0.1) is 0 Å². The fourth-order valence-corrected chi connectivity index (χ4v) is 3.64. The summed E-state index contributed by atoms with van der Waals surface area (Å²) in [6.45, 7) is 3.60. The Kier molecular flexibility index (Phi) is 5.84. The largest absolute Gasteiger partial charge is 0.493 e. The van der Waals surface area contributed by atoms with Crippen LogP contribution in [0.2, 0.25) is 0 Å². The number of thiocarbonyl (C=S) groups is 1. The third-order valence-corrected chi connectivity index (χ3v) is 4.53. The summed E-state index contributed by atoms with van der Waals surface area (Å²) in [4.78, 5) is 25.4. The van der Waals surface area contributed by atoms with E-state index in [1.165, 1.54) is 18.9 Å². The number of benzene rings is 1. The zero-order valence-electron chi connectivity index (χ0n) is 13.6. The van der Waals surface area contributed by atoms with Gasteiger partial charge in [0, 0.05) is 6.04 Å². The smallest absolute Gasteiger partial charge is 0.266 e. The quantitative estimate of drug-likeness (QED) is 0.614. The van der Waals surface area contributed by atoms with Gasteiger partial charge in [0.05, 0.1) is 12.0 Å². The van der Waals surface area contributed by atoms with Gasteiger partial charge in [-0.3, -0.25) is 14.5 Å². The fraction of sp³-hybridized carbons (Fsp3) is 0.312. The van der Waals surface area contributed by atoms with E-state index >= 15 is 0 Å². The number of amides is 2. The minimum Gasteiger partial charge on any atom is -0.493 e. The van der Waals surface area contributed by atoms with E-state index in [1.54, 1.807) is 29.2 Å². The number of ether oxygens (including phenoxy) is 2. The fourth-order valence-electron chi connectivity index (χ4n) is 2.12. The van der Waals surface area contributed by atoms with Crippen molar-refractivity contribution in [3.8, 4) is 11.5 Å². The summed E-state index contributed by atoms with van der Waals surface area (Å²) >= 11 is 6.53. The Balaban J connectivity index is 2.25. The van der Waals surface area contributed by atoms with Crippen LogP contribution < -0.4 is 15.2 Å². The summed E-state index contributed by atoms with van der Waals surface area (Å²) in [5, 5.41) is 0. The highest BCUT2D eigenvalue weighted by Gasteiger charge is 2.33. The molecule has 1 heterocycles. The Morgan fingerprint density at radius 3 is 2.67 bits per heavy atom. The van der Waals surface area contributed by atoms with Crippen LogP contribution in [0.1, 0.15) is 19.4 Å². The van der Waals surface area contributed by atoms with Crippen molar-refractivity contribution in [2.75, 3.05) is 13.7 Å². The van der Waals surface area contributed by atoms with Crippen molar-refractivity contribution in [1.29, 1.82) is 0 Å². The molecule has 0 bridgehead atoms. The van der Waals surface area contributed by atoms with E-state index in [9.17, 15) is 9.59 Å². The summed E-state index contributed by atoms with van der Waals surface area (Å²) in [6.07, 6.45) is 1.75. The van der Waals surface area contributed by atoms with Gasteiger partial charge < -0.3 is 15.2 Å². The molecule has 8 heteroatoms. The van der Waals surface area contributed by atoms with Crippen molar-refractivity contribution in [1.82, 2.24) is 4.90 Å². The van der Waals surface area contributed by atoms with E-state index in [0.29, 0.717) is 20.7 Å². The maximum absolute atomic E-state index is 12.4. The van der Waals surface area contributed by atoms with Crippen LogP contribution in [-0.2, 0) is 9.59 Å². The first kappa shape index (κ1) is 18.3. The van der Waals surface area contributed by atoms with Crippen molar-refractivity contribution in [3.63, 3.8) is 0 Å². The highest BCUT2D eigenvalue weighted by Crippen LogP contribution is 2.35. The molecule has 0 aliphatic carbocycles. The molecule has 1 saturated heterocycles. The normalized spacial score (nSPS) is 16.2. The number of rotatable bonds is 6. The second kappa shape index (κ2) is 7.67. The van der Waals surface area contributed by atoms with Gasteiger partial charge in [-0.05, 0) is 37.6 Å². The first-order valence-corrected chi connectivity index (χ1v) is 8.42. The van der Waals surface area contributed by atoms with E-state index < -0.39 is 5.91 Å². The topological polar surface area (TPSA) is 81.9 Å². The summed E-state index contributed by atoms with van der Waals surface area (Å²) in [5.41, 5.74) is 5.83. The molecule has 2 amide bonds. The van der Waals surface area contributed by atoms with Crippen LogP contribution in [0.25, 0.3) is 6.08 Å². The highest BCUT2D eigenvalue weighted by molar-refractivity contribution is 8.26. The van der Waals surface area contributed by atoms with Gasteiger partial charge >= 0.3 is 0 Å². The van der Waals surface area contributed by atoms with Crippen molar-refractivity contribution in [2.45, 2.75) is 19.9 Å². The van der Waals surface area contributed by atoms with Crippen LogP contribution in [0.15, 0.2) is 23.1 Å². The number of hydrogen-bond donors (Lipinski definition) is 1. The SMILES string of the molecule is COc1cc(C=C2SC(=S)N(C(C)C)C2=O)ccc1OCC(N)=O. The Bertz CT molecular complexity index is 716. The van der Waals surface area contributed by atoms with Crippen molar-refractivity contribution >= 4 is 46.2 Å². The van der Waals surface area contributed by atoms with Crippen molar-refractivity contribution in [3.05, 3.63) is 28.7 Å². The van der Waals surface area contributed by atoms with Crippen LogP contribution >= 0.6 is 24.0 Å². The molecule has 24 heavy (non-hydrogen) atoms. The molecule has 0 radical (unpaired) electrons. The van der Waals surface area contributed by atoms with Crippen LogP contribution in [-0.4, -0.2) is 40.8 Å². The van der Waals surface area contributed by atoms with Crippen LogP contribution in [0.3, 0.4) is 0 Å². The molecule has 1 aromatic rings. The minimum absolute atomic E-state index is 0.0162. The number of thioether (sulfide) groups is 1. The molecule has 1 fully saturated rings. The van der Waals surface area contributed by atoms with Gasteiger partial charge in [0.2, 0.25) is 0 Å². The molecule has 1 aliphatic rings. The van der Waals surface area contributed by atoms with Crippen molar-refractivity contribution < 1.29 is 19.1 Å². The predicted octanol–water partition coefficient (Wildman–Crippen LogP) is 2.17. The lowest BCUT2D eigenvalue weighted by atomic mass is 10.2. The Labute approximate surface area is 150 Å². The molecule has 1 aliphatic heterocycles.